The summed E-state index contributed by atoms with van der Waals surface area (Å²) in [6.45, 7) is 2.59. The van der Waals surface area contributed by atoms with Gasteiger partial charge in [-0.2, -0.15) is 0 Å². The number of carbonyl (C=O) groups is 3. The summed E-state index contributed by atoms with van der Waals surface area (Å²) < 4.78 is 6.09. The van der Waals surface area contributed by atoms with E-state index < -0.39 is 17.6 Å². The number of ether oxygens (including phenoxy) is 1. The van der Waals surface area contributed by atoms with Gasteiger partial charge in [-0.1, -0.05) is 61.4 Å². The normalized spacial score (nSPS) is 21.3. The number of hydrogen-bond acceptors (Lipinski definition) is 4. The minimum Gasteiger partial charge on any atom is -0.481 e. The number of carboxylic acids is 1. The molecule has 3 aromatic rings. The van der Waals surface area contributed by atoms with Crippen molar-refractivity contribution in [2.75, 3.05) is 13.1 Å². The van der Waals surface area contributed by atoms with Crippen LogP contribution in [0.25, 0.3) is 10.9 Å². The molecule has 1 aromatic heterocycles. The molecule has 2 amide bonds. The summed E-state index contributed by atoms with van der Waals surface area (Å²) in [5.41, 5.74) is 2.26. The topological polar surface area (TPSA) is 112 Å². The number of amides is 2. The second-order valence-electron chi connectivity index (χ2n) is 12.5. The number of alkyl carbamates (subject to hydrolysis) is 1. The Morgan fingerprint density at radius 1 is 1.02 bits per heavy atom. The summed E-state index contributed by atoms with van der Waals surface area (Å²) in [5.74, 6) is -0.0712. The zero-order chi connectivity index (χ0) is 29.5. The molecule has 2 aromatic carbocycles. The van der Waals surface area contributed by atoms with Gasteiger partial charge < -0.3 is 25.0 Å². The van der Waals surface area contributed by atoms with Crippen LogP contribution in [0.5, 0.6) is 0 Å². The summed E-state index contributed by atoms with van der Waals surface area (Å²) in [6, 6.07) is 17.9. The second kappa shape index (κ2) is 13.4. The van der Waals surface area contributed by atoms with Gasteiger partial charge in [-0.05, 0) is 74.5 Å². The number of carboxylic acid groups (broad SMARTS) is 1. The Morgan fingerprint density at radius 2 is 1.81 bits per heavy atom. The standard InChI is InChI=1S/C34H43N3O5/c1-34(21-27-22-35-29-13-6-5-12-28(27)29,36-33(41)42-30-15-14-25-10-7-11-26(30)20-25)23-37(31(38)16-17-32(39)40)19-18-24-8-3-2-4-9-24/h2-6,8-9,12-13,22,25-26,30,35H,7,10-11,14-21,23H2,1H3,(H,36,41)(H,39,40). The van der Waals surface area contributed by atoms with Gasteiger partial charge in [-0.3, -0.25) is 9.59 Å². The predicted molar refractivity (Wildman–Crippen MR) is 162 cm³/mol. The molecule has 3 N–H and O–H groups in total. The fraction of sp³-hybridized carbons (Fsp3) is 0.500. The molecule has 0 radical (unpaired) electrons. The lowest BCUT2D eigenvalue weighted by Gasteiger charge is -2.41. The minimum absolute atomic E-state index is 0.0785. The van der Waals surface area contributed by atoms with Crippen LogP contribution in [-0.2, 0) is 27.2 Å². The zero-order valence-electron chi connectivity index (χ0n) is 24.5. The third kappa shape index (κ3) is 7.72. The average molecular weight is 574 g/mol. The number of para-hydroxylation sites is 1. The maximum atomic E-state index is 13.5. The molecule has 2 saturated carbocycles. The van der Waals surface area contributed by atoms with E-state index in [9.17, 15) is 19.5 Å². The van der Waals surface area contributed by atoms with Crippen LogP contribution in [0.1, 0.15) is 69.4 Å². The first-order chi connectivity index (χ1) is 20.3. The molecule has 2 bridgehead atoms. The fourth-order valence-corrected chi connectivity index (χ4v) is 6.97. The minimum atomic E-state index is -1.01. The largest absolute Gasteiger partial charge is 0.481 e. The molecular weight excluding hydrogens is 530 g/mol. The lowest BCUT2D eigenvalue weighted by atomic mass is 9.71. The number of carbonyl (C=O) groups excluding carboxylic acids is 2. The smallest absolute Gasteiger partial charge is 0.407 e. The van der Waals surface area contributed by atoms with Crippen molar-refractivity contribution in [1.82, 2.24) is 15.2 Å². The van der Waals surface area contributed by atoms with E-state index >= 15 is 0 Å². The van der Waals surface area contributed by atoms with Crippen LogP contribution in [0.15, 0.2) is 60.8 Å². The number of nitrogens with one attached hydrogen (secondary N) is 2. The monoisotopic (exact) mass is 573 g/mol. The maximum absolute atomic E-state index is 13.5. The maximum Gasteiger partial charge on any atom is 0.407 e. The number of H-pyrrole nitrogens is 1. The second-order valence-corrected chi connectivity index (χ2v) is 12.5. The van der Waals surface area contributed by atoms with Crippen LogP contribution in [-0.4, -0.2) is 57.7 Å². The summed E-state index contributed by atoms with van der Waals surface area (Å²) in [6.07, 6.45) is 8.92. The molecular formula is C34H43N3O5. The van der Waals surface area contributed by atoms with E-state index in [0.717, 1.165) is 53.6 Å². The molecule has 2 fully saturated rings. The van der Waals surface area contributed by atoms with Gasteiger partial charge in [0.25, 0.3) is 0 Å². The third-order valence-electron chi connectivity index (χ3n) is 9.08. The van der Waals surface area contributed by atoms with E-state index in [2.05, 4.69) is 10.3 Å². The van der Waals surface area contributed by atoms with Crippen molar-refractivity contribution in [1.29, 1.82) is 0 Å². The lowest BCUT2D eigenvalue weighted by Crippen LogP contribution is -2.57. The fourth-order valence-electron chi connectivity index (χ4n) is 6.97. The van der Waals surface area contributed by atoms with Gasteiger partial charge in [0.15, 0.2) is 0 Å². The highest BCUT2D eigenvalue weighted by Crippen LogP contribution is 2.41. The number of benzene rings is 2. The van der Waals surface area contributed by atoms with Crippen LogP contribution >= 0.6 is 0 Å². The SMILES string of the molecule is CC(Cc1c[nH]c2ccccc12)(CN(CCc1ccccc1)C(=O)CCC(=O)O)NC(=O)OC1CCC2CCCC1C2. The van der Waals surface area contributed by atoms with Gasteiger partial charge >= 0.3 is 12.1 Å². The molecule has 5 rings (SSSR count). The van der Waals surface area contributed by atoms with Gasteiger partial charge in [-0.25, -0.2) is 4.79 Å². The number of fused-ring (bicyclic) bond motifs is 3. The molecule has 0 aliphatic heterocycles. The molecule has 1 heterocycles. The summed E-state index contributed by atoms with van der Waals surface area (Å²) in [7, 11) is 0. The van der Waals surface area contributed by atoms with Crippen LogP contribution in [0.2, 0.25) is 0 Å². The van der Waals surface area contributed by atoms with Gasteiger partial charge in [0.2, 0.25) is 5.91 Å². The van der Waals surface area contributed by atoms with E-state index in [1.165, 1.54) is 12.8 Å². The quantitative estimate of drug-likeness (QED) is 0.242. The molecule has 8 heteroatoms. The van der Waals surface area contributed by atoms with Crippen molar-refractivity contribution in [2.45, 2.75) is 82.8 Å². The lowest BCUT2D eigenvalue weighted by molar-refractivity contribution is -0.141. The number of aromatic amines is 1. The third-order valence-corrected chi connectivity index (χ3v) is 9.08. The first kappa shape index (κ1) is 29.7. The molecule has 4 unspecified atom stereocenters. The number of nitrogens with zero attached hydrogens (tertiary/aromatic N) is 1. The summed E-state index contributed by atoms with van der Waals surface area (Å²) in [5, 5.41) is 13.5. The summed E-state index contributed by atoms with van der Waals surface area (Å²) in [4.78, 5) is 43.2. The van der Waals surface area contributed by atoms with Gasteiger partial charge in [-0.15, -0.1) is 0 Å². The van der Waals surface area contributed by atoms with Crippen molar-refractivity contribution in [2.24, 2.45) is 11.8 Å². The molecule has 4 atom stereocenters. The van der Waals surface area contributed by atoms with E-state index in [4.69, 9.17) is 4.74 Å². The van der Waals surface area contributed by atoms with E-state index in [1.807, 2.05) is 67.7 Å². The molecule has 42 heavy (non-hydrogen) atoms. The van der Waals surface area contributed by atoms with Crippen LogP contribution in [0.4, 0.5) is 4.79 Å². The van der Waals surface area contributed by atoms with Crippen LogP contribution in [0, 0.1) is 11.8 Å². The van der Waals surface area contributed by atoms with Crippen LogP contribution in [0.3, 0.4) is 0 Å². The van der Waals surface area contributed by atoms with Crippen molar-refractivity contribution in [3.63, 3.8) is 0 Å². The number of hydrogen-bond donors (Lipinski definition) is 3. The molecule has 8 nitrogen and oxygen atoms in total. The van der Waals surface area contributed by atoms with Crippen molar-refractivity contribution < 1.29 is 24.2 Å². The number of aliphatic carboxylic acids is 1. The molecule has 2 aliphatic rings. The number of rotatable bonds is 12. The van der Waals surface area contributed by atoms with Gasteiger partial charge in [0.05, 0.1) is 12.0 Å². The zero-order valence-corrected chi connectivity index (χ0v) is 24.5. The Bertz CT molecular complexity index is 1370. The molecule has 2 aliphatic carbocycles. The predicted octanol–water partition coefficient (Wildman–Crippen LogP) is 6.10. The first-order valence-corrected chi connectivity index (χ1v) is 15.4. The highest BCUT2D eigenvalue weighted by Gasteiger charge is 2.38. The Kier molecular flexibility index (Phi) is 9.50. The average Bonchev–Trinajstić information content (AvgIpc) is 3.38. The van der Waals surface area contributed by atoms with Crippen molar-refractivity contribution >= 4 is 28.9 Å². The van der Waals surface area contributed by atoms with E-state index in [1.54, 1.807) is 4.90 Å². The van der Waals surface area contributed by atoms with Crippen molar-refractivity contribution in [3.05, 3.63) is 71.9 Å². The van der Waals surface area contributed by atoms with Gasteiger partial charge in [0, 0.05) is 36.6 Å². The Labute approximate surface area is 247 Å². The van der Waals surface area contributed by atoms with Crippen molar-refractivity contribution in [3.8, 4) is 0 Å². The Balaban J connectivity index is 1.37. The number of aromatic nitrogens is 1. The highest BCUT2D eigenvalue weighted by molar-refractivity contribution is 5.83. The van der Waals surface area contributed by atoms with Gasteiger partial charge in [0.1, 0.15) is 6.10 Å². The van der Waals surface area contributed by atoms with E-state index in [-0.39, 0.29) is 31.4 Å². The first-order valence-electron chi connectivity index (χ1n) is 15.4. The highest BCUT2D eigenvalue weighted by atomic mass is 16.6. The molecule has 0 saturated heterocycles. The Hall–Kier alpha value is -3.81. The molecule has 0 spiro atoms. The molecule has 224 valence electrons. The van der Waals surface area contributed by atoms with Crippen LogP contribution < -0.4 is 5.32 Å². The summed E-state index contributed by atoms with van der Waals surface area (Å²) >= 11 is 0. The Morgan fingerprint density at radius 3 is 2.62 bits per heavy atom. The van der Waals surface area contributed by atoms with E-state index in [0.29, 0.717) is 25.3 Å².